The third kappa shape index (κ3) is 1.45. The zero-order valence-electron chi connectivity index (χ0n) is 10.2. The highest BCUT2D eigenvalue weighted by Gasteiger charge is 2.17. The maximum Gasteiger partial charge on any atom is 0.260 e. The largest absolute Gasteiger partial charge is 0.434 e. The Labute approximate surface area is 109 Å². The van der Waals surface area contributed by atoms with Gasteiger partial charge in [0.1, 0.15) is 0 Å². The van der Waals surface area contributed by atoms with Gasteiger partial charge in [0.05, 0.1) is 6.20 Å². The summed E-state index contributed by atoms with van der Waals surface area (Å²) in [5.41, 5.74) is 3.79. The van der Waals surface area contributed by atoms with Gasteiger partial charge in [-0.3, -0.25) is 4.79 Å². The lowest BCUT2D eigenvalue weighted by Gasteiger charge is -2.06. The van der Waals surface area contributed by atoms with Gasteiger partial charge >= 0.3 is 0 Å². The van der Waals surface area contributed by atoms with Crippen LogP contribution in [0.15, 0.2) is 40.9 Å². The first kappa shape index (κ1) is 10.5. The van der Waals surface area contributed by atoms with Gasteiger partial charge in [0, 0.05) is 5.56 Å². The van der Waals surface area contributed by atoms with E-state index in [-0.39, 0.29) is 5.89 Å². The lowest BCUT2D eigenvalue weighted by Crippen LogP contribution is -1.83. The molecule has 1 aliphatic rings. The maximum atomic E-state index is 10.7. The average molecular weight is 249 g/mol. The van der Waals surface area contributed by atoms with Gasteiger partial charge in [-0.15, -0.1) is 0 Å². The van der Waals surface area contributed by atoms with Crippen LogP contribution in [0.1, 0.15) is 21.8 Å². The number of rotatable bonds is 2. The predicted molar refractivity (Wildman–Crippen MR) is 72.2 cm³/mol. The molecule has 19 heavy (non-hydrogen) atoms. The van der Waals surface area contributed by atoms with Crippen LogP contribution in [0, 0.1) is 0 Å². The molecular weight excluding hydrogens is 238 g/mol. The molecule has 0 saturated carbocycles. The minimum absolute atomic E-state index is 0.123. The van der Waals surface area contributed by atoms with E-state index in [1.54, 1.807) is 6.20 Å². The summed E-state index contributed by atoms with van der Waals surface area (Å²) in [5, 5.41) is 2.52. The quantitative estimate of drug-likeness (QED) is 0.654. The topological polar surface area (TPSA) is 43.1 Å². The molecule has 0 spiro atoms. The summed E-state index contributed by atoms with van der Waals surface area (Å²) in [5.74, 6) is 0.774. The number of hydrogen-bond acceptors (Lipinski definition) is 3. The van der Waals surface area contributed by atoms with Crippen molar-refractivity contribution >= 4 is 17.1 Å². The average Bonchev–Trinajstić information content (AvgIpc) is 3.08. The molecule has 0 fully saturated rings. The minimum atomic E-state index is 0.123. The van der Waals surface area contributed by atoms with Gasteiger partial charge in [-0.25, -0.2) is 4.98 Å². The number of oxazole rings is 1. The van der Waals surface area contributed by atoms with E-state index in [4.69, 9.17) is 4.42 Å². The van der Waals surface area contributed by atoms with Crippen LogP contribution < -0.4 is 0 Å². The van der Waals surface area contributed by atoms with Crippen LogP contribution in [0.4, 0.5) is 0 Å². The highest BCUT2D eigenvalue weighted by atomic mass is 16.4. The lowest BCUT2D eigenvalue weighted by molar-refractivity contribution is 0.109. The van der Waals surface area contributed by atoms with Gasteiger partial charge in [-0.2, -0.15) is 0 Å². The molecule has 3 heteroatoms. The maximum absolute atomic E-state index is 10.7. The van der Waals surface area contributed by atoms with Gasteiger partial charge in [-0.1, -0.05) is 30.3 Å². The van der Waals surface area contributed by atoms with Crippen molar-refractivity contribution < 1.29 is 9.21 Å². The molecular formula is C16H11NO2. The third-order valence-corrected chi connectivity index (χ3v) is 3.77. The Hall–Kier alpha value is -2.42. The van der Waals surface area contributed by atoms with Crippen molar-refractivity contribution in [3.63, 3.8) is 0 Å². The summed E-state index contributed by atoms with van der Waals surface area (Å²) in [4.78, 5) is 14.6. The molecule has 3 aromatic rings. The fraction of sp³-hybridized carbons (Fsp3) is 0.125. The van der Waals surface area contributed by atoms with E-state index in [0.29, 0.717) is 12.0 Å². The van der Waals surface area contributed by atoms with Crippen LogP contribution >= 0.6 is 0 Å². The molecule has 0 aliphatic heterocycles. The molecule has 0 N–H and O–H groups in total. The minimum Gasteiger partial charge on any atom is -0.434 e. The fourth-order valence-electron chi connectivity index (χ4n) is 2.93. The standard InChI is InChI=1S/C16H11NO2/c18-9-15-17-8-14(19-15)12-7-6-11-5-4-10-2-1-3-13(12)16(10)11/h1-3,6-9H,4-5H2. The molecule has 1 aromatic heterocycles. The van der Waals surface area contributed by atoms with E-state index >= 15 is 0 Å². The number of carbonyl (C=O) groups excluding carboxylic acids is 1. The molecule has 3 nitrogen and oxygen atoms in total. The Morgan fingerprint density at radius 3 is 2.74 bits per heavy atom. The van der Waals surface area contributed by atoms with E-state index in [0.717, 1.165) is 18.4 Å². The van der Waals surface area contributed by atoms with Crippen molar-refractivity contribution in [2.75, 3.05) is 0 Å². The summed E-state index contributed by atoms with van der Waals surface area (Å²) >= 11 is 0. The van der Waals surface area contributed by atoms with Crippen LogP contribution in [0.25, 0.3) is 22.1 Å². The zero-order chi connectivity index (χ0) is 12.8. The van der Waals surface area contributed by atoms with Crippen molar-refractivity contribution in [3.8, 4) is 11.3 Å². The number of aryl methyl sites for hydroxylation is 2. The Kier molecular flexibility index (Phi) is 2.09. The van der Waals surface area contributed by atoms with E-state index in [9.17, 15) is 4.79 Å². The number of carbonyl (C=O) groups is 1. The number of hydrogen-bond donors (Lipinski definition) is 0. The lowest BCUT2D eigenvalue weighted by atomic mass is 9.99. The smallest absolute Gasteiger partial charge is 0.260 e. The van der Waals surface area contributed by atoms with Gasteiger partial charge in [-0.05, 0) is 34.7 Å². The molecule has 0 radical (unpaired) electrons. The van der Waals surface area contributed by atoms with Crippen LogP contribution in [-0.4, -0.2) is 11.3 Å². The monoisotopic (exact) mass is 249 g/mol. The first-order chi connectivity index (χ1) is 9.36. The highest BCUT2D eigenvalue weighted by Crippen LogP contribution is 2.36. The SMILES string of the molecule is O=Cc1ncc(-c2ccc3c4c(cccc24)CC3)o1. The molecule has 0 bridgehead atoms. The Morgan fingerprint density at radius 1 is 1.11 bits per heavy atom. The summed E-state index contributed by atoms with van der Waals surface area (Å²) in [6.45, 7) is 0. The van der Waals surface area contributed by atoms with Crippen molar-refractivity contribution in [2.45, 2.75) is 12.8 Å². The summed E-state index contributed by atoms with van der Waals surface area (Å²) in [6.07, 6.45) is 4.45. The number of aromatic nitrogens is 1. The predicted octanol–water partition coefficient (Wildman–Crippen LogP) is 3.41. The Bertz CT molecular complexity index is 791. The van der Waals surface area contributed by atoms with Crippen LogP contribution in [0.3, 0.4) is 0 Å². The molecule has 1 aliphatic carbocycles. The molecule has 1 heterocycles. The zero-order valence-corrected chi connectivity index (χ0v) is 10.2. The molecule has 0 unspecified atom stereocenters. The van der Waals surface area contributed by atoms with Gasteiger partial charge in [0.2, 0.25) is 6.29 Å². The Balaban J connectivity index is 2.03. The van der Waals surface area contributed by atoms with Crippen LogP contribution in [0.5, 0.6) is 0 Å². The third-order valence-electron chi connectivity index (χ3n) is 3.77. The molecule has 0 saturated heterocycles. The van der Waals surface area contributed by atoms with Gasteiger partial charge < -0.3 is 4.42 Å². The van der Waals surface area contributed by atoms with E-state index in [2.05, 4.69) is 35.3 Å². The number of aldehydes is 1. The second kappa shape index (κ2) is 3.79. The second-order valence-corrected chi connectivity index (χ2v) is 4.79. The van der Waals surface area contributed by atoms with Crippen molar-refractivity contribution in [1.29, 1.82) is 0 Å². The summed E-state index contributed by atoms with van der Waals surface area (Å²) in [6, 6.07) is 10.6. The molecule has 0 amide bonds. The van der Waals surface area contributed by atoms with E-state index < -0.39 is 0 Å². The number of benzene rings is 2. The van der Waals surface area contributed by atoms with E-state index in [1.807, 2.05) is 0 Å². The normalized spacial score (nSPS) is 13.1. The van der Waals surface area contributed by atoms with Crippen LogP contribution in [0.2, 0.25) is 0 Å². The molecule has 2 aromatic carbocycles. The van der Waals surface area contributed by atoms with Gasteiger partial charge in [0.25, 0.3) is 5.89 Å². The van der Waals surface area contributed by atoms with Gasteiger partial charge in [0.15, 0.2) is 5.76 Å². The van der Waals surface area contributed by atoms with E-state index in [1.165, 1.54) is 21.9 Å². The fourth-order valence-corrected chi connectivity index (χ4v) is 2.93. The molecule has 92 valence electrons. The van der Waals surface area contributed by atoms with Crippen molar-refractivity contribution in [1.82, 2.24) is 4.98 Å². The second-order valence-electron chi connectivity index (χ2n) is 4.79. The summed E-state index contributed by atoms with van der Waals surface area (Å²) < 4.78 is 5.45. The number of nitrogens with zero attached hydrogens (tertiary/aromatic N) is 1. The highest BCUT2D eigenvalue weighted by molar-refractivity contribution is 6.00. The summed E-state index contributed by atoms with van der Waals surface area (Å²) in [7, 11) is 0. The first-order valence-electron chi connectivity index (χ1n) is 6.31. The molecule has 4 rings (SSSR count). The van der Waals surface area contributed by atoms with Crippen molar-refractivity contribution in [2.24, 2.45) is 0 Å². The first-order valence-corrected chi connectivity index (χ1v) is 6.31. The van der Waals surface area contributed by atoms with Crippen LogP contribution in [-0.2, 0) is 12.8 Å². The molecule has 0 atom stereocenters. The Morgan fingerprint density at radius 2 is 1.95 bits per heavy atom. The van der Waals surface area contributed by atoms with Crippen molar-refractivity contribution in [3.05, 3.63) is 53.5 Å².